The number of ketones is 1. The second-order valence-electron chi connectivity index (χ2n) is 2.91. The average molecular weight is 160 g/mol. The predicted octanol–water partition coefficient (Wildman–Crippen LogP) is 1.69. The monoisotopic (exact) mass is 160 g/mol. The maximum Gasteiger partial charge on any atom is 0.189 e. The summed E-state index contributed by atoms with van der Waals surface area (Å²) in [5.74, 6) is 0.153. The van der Waals surface area contributed by atoms with Crippen molar-refractivity contribution in [3.63, 3.8) is 0 Å². The largest absolute Gasteiger partial charge is 0.508 e. The van der Waals surface area contributed by atoms with Crippen LogP contribution in [0.15, 0.2) is 30.4 Å². The maximum absolute atomic E-state index is 11.3. The fourth-order valence-corrected chi connectivity index (χ4v) is 1.46. The Bertz CT molecular complexity index is 377. The summed E-state index contributed by atoms with van der Waals surface area (Å²) < 4.78 is 0. The van der Waals surface area contributed by atoms with E-state index in [0.717, 1.165) is 0 Å². The molecule has 1 aromatic carbocycles. The highest BCUT2D eigenvalue weighted by molar-refractivity contribution is 6.13. The van der Waals surface area contributed by atoms with Crippen molar-refractivity contribution in [1.29, 1.82) is 0 Å². The van der Waals surface area contributed by atoms with E-state index in [4.69, 9.17) is 0 Å². The molecule has 1 N–H and O–H groups in total. The molecule has 0 atom stereocenters. The Morgan fingerprint density at radius 3 is 2.83 bits per heavy atom. The second kappa shape index (κ2) is 2.21. The molecule has 0 heterocycles. The van der Waals surface area contributed by atoms with Gasteiger partial charge in [-0.15, -0.1) is 0 Å². The fraction of sp³-hybridized carbons (Fsp3) is 0.100. The molecular formula is C10H8O2. The third-order valence-electron chi connectivity index (χ3n) is 2.11. The first-order chi connectivity index (χ1) is 5.70. The molecule has 0 fully saturated rings. The molecule has 0 radical (unpaired) electrons. The van der Waals surface area contributed by atoms with Gasteiger partial charge in [-0.2, -0.15) is 0 Å². The van der Waals surface area contributed by atoms with Crippen LogP contribution in [0, 0.1) is 0 Å². The van der Waals surface area contributed by atoms with E-state index >= 15 is 0 Å². The van der Waals surface area contributed by atoms with E-state index in [1.54, 1.807) is 18.2 Å². The lowest BCUT2D eigenvalue weighted by molar-refractivity contribution is 0.104. The van der Waals surface area contributed by atoms with Gasteiger partial charge in [0, 0.05) is 17.5 Å². The molecule has 2 heteroatoms. The fourth-order valence-electron chi connectivity index (χ4n) is 1.46. The third-order valence-corrected chi connectivity index (χ3v) is 2.11. The Morgan fingerprint density at radius 1 is 1.42 bits per heavy atom. The van der Waals surface area contributed by atoms with Gasteiger partial charge in [0.05, 0.1) is 0 Å². The van der Waals surface area contributed by atoms with Crippen molar-refractivity contribution in [1.82, 2.24) is 0 Å². The Hall–Kier alpha value is -1.57. The summed E-state index contributed by atoms with van der Waals surface area (Å²) in [5, 5.41) is 9.37. The van der Waals surface area contributed by atoms with Gasteiger partial charge in [0.2, 0.25) is 0 Å². The van der Waals surface area contributed by atoms with Gasteiger partial charge in [-0.05, 0) is 11.6 Å². The molecule has 0 saturated heterocycles. The summed E-state index contributed by atoms with van der Waals surface area (Å²) in [6.45, 7) is 3.63. The minimum atomic E-state index is -0.0408. The van der Waals surface area contributed by atoms with Crippen LogP contribution in [0.5, 0.6) is 5.75 Å². The molecule has 60 valence electrons. The van der Waals surface area contributed by atoms with Crippen molar-refractivity contribution in [2.24, 2.45) is 0 Å². The zero-order chi connectivity index (χ0) is 8.72. The highest BCUT2D eigenvalue weighted by Crippen LogP contribution is 2.31. The first-order valence-electron chi connectivity index (χ1n) is 3.73. The van der Waals surface area contributed by atoms with Crippen LogP contribution in [0.2, 0.25) is 0 Å². The smallest absolute Gasteiger partial charge is 0.189 e. The standard InChI is InChI=1S/C10H8O2/c1-6-5-8-7(10(6)12)3-2-4-9(8)11/h2-4,11H,1,5H2. The first kappa shape index (κ1) is 7.10. The Balaban J connectivity index is 2.68. The zero-order valence-corrected chi connectivity index (χ0v) is 6.50. The molecule has 0 amide bonds. The molecule has 2 nitrogen and oxygen atoms in total. The summed E-state index contributed by atoms with van der Waals surface area (Å²) in [6.07, 6.45) is 0.487. The molecule has 0 aromatic heterocycles. The van der Waals surface area contributed by atoms with Crippen LogP contribution in [-0.2, 0) is 6.42 Å². The van der Waals surface area contributed by atoms with Crippen molar-refractivity contribution in [3.05, 3.63) is 41.5 Å². The lowest BCUT2D eigenvalue weighted by Crippen LogP contribution is -1.92. The van der Waals surface area contributed by atoms with Crippen LogP contribution in [0.4, 0.5) is 0 Å². The van der Waals surface area contributed by atoms with Crippen molar-refractivity contribution < 1.29 is 9.90 Å². The van der Waals surface area contributed by atoms with Crippen molar-refractivity contribution in [2.75, 3.05) is 0 Å². The van der Waals surface area contributed by atoms with E-state index in [-0.39, 0.29) is 11.5 Å². The van der Waals surface area contributed by atoms with Crippen LogP contribution in [0.3, 0.4) is 0 Å². The highest BCUT2D eigenvalue weighted by atomic mass is 16.3. The number of Topliss-reactive ketones (excluding diaryl/α,β-unsaturated/α-hetero) is 1. The third kappa shape index (κ3) is 0.780. The lowest BCUT2D eigenvalue weighted by Gasteiger charge is -1.97. The van der Waals surface area contributed by atoms with Gasteiger partial charge in [0.25, 0.3) is 0 Å². The summed E-state index contributed by atoms with van der Waals surface area (Å²) in [6, 6.07) is 4.98. The molecular weight excluding hydrogens is 152 g/mol. The van der Waals surface area contributed by atoms with E-state index in [2.05, 4.69) is 6.58 Å². The number of hydrogen-bond donors (Lipinski definition) is 1. The summed E-state index contributed by atoms with van der Waals surface area (Å²) in [5.41, 5.74) is 1.87. The zero-order valence-electron chi connectivity index (χ0n) is 6.50. The summed E-state index contributed by atoms with van der Waals surface area (Å²) >= 11 is 0. The molecule has 1 aromatic rings. The van der Waals surface area contributed by atoms with E-state index < -0.39 is 0 Å². The normalized spacial score (nSPS) is 15.0. The molecule has 0 aliphatic heterocycles. The van der Waals surface area contributed by atoms with Crippen LogP contribution < -0.4 is 0 Å². The summed E-state index contributed by atoms with van der Waals surface area (Å²) in [4.78, 5) is 11.3. The van der Waals surface area contributed by atoms with E-state index in [0.29, 0.717) is 23.1 Å². The molecule has 1 aliphatic carbocycles. The number of rotatable bonds is 0. The van der Waals surface area contributed by atoms with Crippen molar-refractivity contribution in [3.8, 4) is 5.75 Å². The number of hydrogen-bond acceptors (Lipinski definition) is 2. The number of carbonyl (C=O) groups is 1. The van der Waals surface area contributed by atoms with Gasteiger partial charge in [0.1, 0.15) is 5.75 Å². The number of aromatic hydroxyl groups is 1. The summed E-state index contributed by atoms with van der Waals surface area (Å²) in [7, 11) is 0. The van der Waals surface area contributed by atoms with Crippen molar-refractivity contribution >= 4 is 5.78 Å². The highest BCUT2D eigenvalue weighted by Gasteiger charge is 2.24. The first-order valence-corrected chi connectivity index (χ1v) is 3.73. The van der Waals surface area contributed by atoms with Crippen LogP contribution in [0.25, 0.3) is 0 Å². The quantitative estimate of drug-likeness (QED) is 0.586. The van der Waals surface area contributed by atoms with Gasteiger partial charge in [0.15, 0.2) is 5.78 Å². The Morgan fingerprint density at radius 2 is 2.17 bits per heavy atom. The Kier molecular flexibility index (Phi) is 1.30. The van der Waals surface area contributed by atoms with Crippen LogP contribution in [-0.4, -0.2) is 10.9 Å². The maximum atomic E-state index is 11.3. The van der Waals surface area contributed by atoms with Crippen molar-refractivity contribution in [2.45, 2.75) is 6.42 Å². The van der Waals surface area contributed by atoms with Gasteiger partial charge in [-0.3, -0.25) is 4.79 Å². The Labute approximate surface area is 70.2 Å². The number of carbonyl (C=O) groups excluding carboxylic acids is 1. The number of fused-ring (bicyclic) bond motifs is 1. The van der Waals surface area contributed by atoms with E-state index in [1.165, 1.54) is 0 Å². The molecule has 0 spiro atoms. The van der Waals surface area contributed by atoms with Gasteiger partial charge in [-0.1, -0.05) is 18.7 Å². The predicted molar refractivity (Wildman–Crippen MR) is 45.3 cm³/mol. The minimum absolute atomic E-state index is 0.0408. The van der Waals surface area contributed by atoms with E-state index in [9.17, 15) is 9.90 Å². The van der Waals surface area contributed by atoms with Crippen LogP contribution >= 0.6 is 0 Å². The van der Waals surface area contributed by atoms with Crippen LogP contribution in [0.1, 0.15) is 15.9 Å². The molecule has 0 unspecified atom stereocenters. The molecule has 12 heavy (non-hydrogen) atoms. The SMILES string of the molecule is C=C1Cc2c(O)cccc2C1=O. The van der Waals surface area contributed by atoms with Gasteiger partial charge >= 0.3 is 0 Å². The molecule has 1 aliphatic rings. The minimum Gasteiger partial charge on any atom is -0.508 e. The lowest BCUT2D eigenvalue weighted by atomic mass is 10.1. The number of benzene rings is 1. The molecule has 0 bridgehead atoms. The number of phenols is 1. The van der Waals surface area contributed by atoms with Gasteiger partial charge < -0.3 is 5.11 Å². The number of phenolic OH excluding ortho intramolecular Hbond substituents is 1. The second-order valence-corrected chi connectivity index (χ2v) is 2.91. The van der Waals surface area contributed by atoms with E-state index in [1.807, 2.05) is 0 Å². The van der Waals surface area contributed by atoms with Gasteiger partial charge in [-0.25, -0.2) is 0 Å². The molecule has 2 rings (SSSR count). The topological polar surface area (TPSA) is 37.3 Å². The number of allylic oxidation sites excluding steroid dienone is 1. The molecule has 0 saturated carbocycles. The average Bonchev–Trinajstić information content (AvgIpc) is 2.32.